The smallest absolute Gasteiger partial charge is 0.305 e. The molecular weight excluding hydrogens is 568 g/mol. The first-order valence-electron chi connectivity index (χ1n) is 15.7. The van der Waals surface area contributed by atoms with Gasteiger partial charge in [0.2, 0.25) is 0 Å². The standard InChI is InChI=1S/C36H38N4O5/c1-8-20-24(15-41)27-14-28-31(19(6)42)17(4)34(39-28)18(5)33-16(3)22(10-11-30(44)45-7)35(40-33)23-12-29(43)32-21(9-2)26(38-36(23)32)13-25(20)37-27/h13-16,19,22,42H,8-12H2,1-7H3. The molecule has 6 aliphatic rings. The summed E-state index contributed by atoms with van der Waals surface area (Å²) < 4.78 is 4.97. The molecule has 9 heteroatoms. The molecule has 0 saturated heterocycles. The van der Waals surface area contributed by atoms with Crippen molar-refractivity contribution in [3.05, 3.63) is 79.5 Å². The molecule has 1 N–H and O–H groups in total. The van der Waals surface area contributed by atoms with Gasteiger partial charge in [-0.05, 0) is 74.5 Å². The Morgan fingerprint density at radius 3 is 2.40 bits per heavy atom. The van der Waals surface area contributed by atoms with Gasteiger partial charge < -0.3 is 9.84 Å². The molecule has 0 spiro atoms. The highest BCUT2D eigenvalue weighted by Crippen LogP contribution is 2.46. The van der Waals surface area contributed by atoms with Crippen molar-refractivity contribution in [2.45, 2.75) is 79.8 Å². The maximum absolute atomic E-state index is 13.6. The third kappa shape index (κ3) is 4.76. The normalized spacial score (nSPS) is 24.8. The molecule has 1 aliphatic carbocycles. The van der Waals surface area contributed by atoms with Crippen LogP contribution in [0.4, 0.5) is 0 Å². The van der Waals surface area contributed by atoms with Crippen LogP contribution in [0.25, 0.3) is 0 Å². The molecule has 0 fully saturated rings. The number of fused-ring (bicyclic) bond motifs is 4. The number of aldehydes is 1. The molecule has 5 aliphatic heterocycles. The lowest BCUT2D eigenvalue weighted by atomic mass is 9.82. The highest BCUT2D eigenvalue weighted by molar-refractivity contribution is 6.28. The topological polar surface area (TPSA) is 130 Å². The van der Waals surface area contributed by atoms with Crippen LogP contribution in [0.2, 0.25) is 0 Å². The largest absolute Gasteiger partial charge is 0.469 e. The summed E-state index contributed by atoms with van der Waals surface area (Å²) in [7, 11) is 1.39. The van der Waals surface area contributed by atoms with E-state index in [-0.39, 0.29) is 36.4 Å². The minimum atomic E-state index is -0.811. The SMILES string of the molecule is CCC1=C(C=O)C2=NC1=CC1=NC3=C(CC(=O)C3=C1CC)C1=NC(=C(C)C3=NC(=C2)C(C(C)O)=C3C)C(C)C1CCC(=O)OC. The van der Waals surface area contributed by atoms with Crippen LogP contribution >= 0.6 is 0 Å². The average Bonchev–Trinajstić information content (AvgIpc) is 3.79. The Bertz CT molecular complexity index is 1830. The number of aliphatic hydroxyl groups is 1. The number of ketones is 1. The molecular formula is C36H38N4O5. The highest BCUT2D eigenvalue weighted by atomic mass is 16.5. The zero-order valence-corrected chi connectivity index (χ0v) is 26.9. The highest BCUT2D eigenvalue weighted by Gasteiger charge is 2.43. The fourth-order valence-corrected chi connectivity index (χ4v) is 7.53. The summed E-state index contributed by atoms with van der Waals surface area (Å²) in [5.74, 6) is -0.498. The maximum atomic E-state index is 13.6. The maximum Gasteiger partial charge on any atom is 0.305 e. The summed E-state index contributed by atoms with van der Waals surface area (Å²) in [4.78, 5) is 58.6. The van der Waals surface area contributed by atoms with Crippen LogP contribution in [0, 0.1) is 11.8 Å². The first-order valence-corrected chi connectivity index (χ1v) is 15.7. The van der Waals surface area contributed by atoms with Gasteiger partial charge in [0.05, 0.1) is 53.2 Å². The minimum absolute atomic E-state index is 0.00915. The first kappa shape index (κ1) is 30.6. The van der Waals surface area contributed by atoms with Gasteiger partial charge in [-0.2, -0.15) is 0 Å². The molecule has 0 amide bonds. The van der Waals surface area contributed by atoms with Crippen LogP contribution in [-0.4, -0.2) is 59.2 Å². The third-order valence-electron chi connectivity index (χ3n) is 9.75. The lowest BCUT2D eigenvalue weighted by molar-refractivity contribution is -0.140. The summed E-state index contributed by atoms with van der Waals surface area (Å²) in [5, 5.41) is 10.9. The van der Waals surface area contributed by atoms with Crippen molar-refractivity contribution < 1.29 is 24.2 Å². The summed E-state index contributed by atoms with van der Waals surface area (Å²) in [6.45, 7) is 11.7. The van der Waals surface area contributed by atoms with Gasteiger partial charge >= 0.3 is 5.97 Å². The molecule has 9 nitrogen and oxygen atoms in total. The molecule has 0 aromatic rings. The van der Waals surface area contributed by atoms with Crippen molar-refractivity contribution in [1.29, 1.82) is 0 Å². The second-order valence-electron chi connectivity index (χ2n) is 12.2. The van der Waals surface area contributed by atoms with Gasteiger partial charge in [0.1, 0.15) is 0 Å². The number of hydrogen-bond acceptors (Lipinski definition) is 9. The van der Waals surface area contributed by atoms with Crippen LogP contribution in [-0.2, 0) is 19.1 Å². The molecule has 45 heavy (non-hydrogen) atoms. The number of carbonyl (C=O) groups excluding carboxylic acids is 3. The van der Waals surface area contributed by atoms with Gasteiger partial charge in [-0.1, -0.05) is 20.8 Å². The Hall–Kier alpha value is -4.37. The number of rotatable bonds is 7. The molecule has 0 aromatic carbocycles. The molecule has 5 heterocycles. The van der Waals surface area contributed by atoms with Crippen molar-refractivity contribution in [1.82, 2.24) is 0 Å². The van der Waals surface area contributed by atoms with Crippen molar-refractivity contribution in [2.75, 3.05) is 7.11 Å². The van der Waals surface area contributed by atoms with Crippen molar-refractivity contribution >= 4 is 40.9 Å². The fraction of sp³-hybridized carbons (Fsp3) is 0.417. The number of aliphatic imine (C=N–C) groups is 4. The quantitative estimate of drug-likeness (QED) is 0.298. The molecule has 8 bridgehead atoms. The van der Waals surface area contributed by atoms with E-state index in [9.17, 15) is 19.5 Å². The molecule has 3 atom stereocenters. The number of aliphatic hydroxyl groups excluding tert-OH is 1. The fourth-order valence-electron chi connectivity index (χ4n) is 7.53. The number of methoxy groups -OCH3 is 1. The van der Waals surface area contributed by atoms with E-state index in [1.165, 1.54) is 7.11 Å². The lowest BCUT2D eigenvalue weighted by Crippen LogP contribution is -2.21. The third-order valence-corrected chi connectivity index (χ3v) is 9.75. The van der Waals surface area contributed by atoms with E-state index >= 15 is 0 Å². The van der Waals surface area contributed by atoms with E-state index in [1.807, 2.05) is 33.8 Å². The Morgan fingerprint density at radius 1 is 1.04 bits per heavy atom. The van der Waals surface area contributed by atoms with Crippen LogP contribution in [0.3, 0.4) is 0 Å². The van der Waals surface area contributed by atoms with E-state index < -0.39 is 6.10 Å². The Morgan fingerprint density at radius 2 is 1.76 bits per heavy atom. The van der Waals surface area contributed by atoms with Crippen LogP contribution in [0.5, 0.6) is 0 Å². The predicted molar refractivity (Wildman–Crippen MR) is 174 cm³/mol. The Labute approximate surface area is 263 Å². The van der Waals surface area contributed by atoms with E-state index in [2.05, 4.69) is 6.92 Å². The average molecular weight is 607 g/mol. The summed E-state index contributed by atoms with van der Waals surface area (Å²) >= 11 is 0. The van der Waals surface area contributed by atoms with Gasteiger partial charge in [0, 0.05) is 52.7 Å². The van der Waals surface area contributed by atoms with Crippen LogP contribution in [0.1, 0.15) is 73.6 Å². The number of carbonyl (C=O) groups is 3. The van der Waals surface area contributed by atoms with Gasteiger partial charge in [0.15, 0.2) is 12.1 Å². The van der Waals surface area contributed by atoms with Crippen LogP contribution in [0.15, 0.2) is 99.5 Å². The molecule has 0 saturated carbocycles. The zero-order chi connectivity index (χ0) is 32.3. The van der Waals surface area contributed by atoms with Crippen molar-refractivity contribution in [3.63, 3.8) is 0 Å². The molecule has 6 rings (SSSR count). The Kier molecular flexibility index (Phi) is 7.85. The number of Topliss-reactive ketones (excluding diaryl/α,β-unsaturated/α-hetero) is 1. The predicted octanol–water partition coefficient (Wildman–Crippen LogP) is 5.60. The number of nitrogens with zero attached hydrogens (tertiary/aromatic N) is 4. The summed E-state index contributed by atoms with van der Waals surface area (Å²) in [6.07, 6.45) is 5.78. The first-order chi connectivity index (χ1) is 21.5. The number of hydrogen-bond donors (Lipinski definition) is 1. The lowest BCUT2D eigenvalue weighted by Gasteiger charge is -2.19. The molecule has 3 unspecified atom stereocenters. The van der Waals surface area contributed by atoms with Gasteiger partial charge in [-0.25, -0.2) is 15.0 Å². The number of ether oxygens (including phenoxy) is 1. The van der Waals surface area contributed by atoms with E-state index in [0.717, 1.165) is 45.6 Å². The van der Waals surface area contributed by atoms with Crippen molar-refractivity contribution in [2.24, 2.45) is 31.8 Å². The van der Waals surface area contributed by atoms with Gasteiger partial charge in [-0.3, -0.25) is 19.4 Å². The minimum Gasteiger partial charge on any atom is -0.469 e. The second-order valence-corrected chi connectivity index (χ2v) is 12.2. The van der Waals surface area contributed by atoms with Crippen LogP contribution < -0.4 is 0 Å². The number of allylic oxidation sites excluding steroid dienone is 10. The van der Waals surface area contributed by atoms with Gasteiger partial charge in [0.25, 0.3) is 0 Å². The Balaban J connectivity index is 1.67. The van der Waals surface area contributed by atoms with E-state index in [0.29, 0.717) is 70.2 Å². The molecule has 0 aromatic heterocycles. The number of esters is 1. The second kappa shape index (κ2) is 11.5. The zero-order valence-electron chi connectivity index (χ0n) is 26.9. The van der Waals surface area contributed by atoms with Gasteiger partial charge in [-0.15, -0.1) is 0 Å². The summed E-state index contributed by atoms with van der Waals surface area (Å²) in [5.41, 5.74) is 11.2. The molecule has 232 valence electrons. The monoisotopic (exact) mass is 606 g/mol. The summed E-state index contributed by atoms with van der Waals surface area (Å²) in [6, 6.07) is 0. The van der Waals surface area contributed by atoms with Crippen molar-refractivity contribution in [3.8, 4) is 0 Å². The molecule has 0 radical (unpaired) electrons. The van der Waals surface area contributed by atoms with E-state index in [1.54, 1.807) is 13.0 Å². The van der Waals surface area contributed by atoms with E-state index in [4.69, 9.17) is 24.7 Å².